The van der Waals surface area contributed by atoms with Gasteiger partial charge in [-0.25, -0.2) is 0 Å². The molecule has 3 nitrogen and oxygen atoms in total. The molecule has 1 aliphatic heterocycles. The molecular weight excluding hydrogens is 240 g/mol. The molecule has 0 aromatic heterocycles. The fourth-order valence-electron chi connectivity index (χ4n) is 2.43. The monoisotopic (exact) mass is 264 g/mol. The third-order valence-electron chi connectivity index (χ3n) is 3.46. The van der Waals surface area contributed by atoms with Crippen LogP contribution in [0, 0.1) is 6.92 Å². The van der Waals surface area contributed by atoms with Crippen LogP contribution in [0.25, 0.3) is 0 Å². The van der Waals surface area contributed by atoms with Crippen molar-refractivity contribution in [3.05, 3.63) is 34.4 Å². The summed E-state index contributed by atoms with van der Waals surface area (Å²) in [6.07, 6.45) is 0. The largest absolute Gasteiger partial charge is 0.365 e. The summed E-state index contributed by atoms with van der Waals surface area (Å²) >= 11 is 0. The number of rotatable bonds is 1. The van der Waals surface area contributed by atoms with Crippen LogP contribution in [0.3, 0.4) is 0 Å². The van der Waals surface area contributed by atoms with Gasteiger partial charge in [0.2, 0.25) is 0 Å². The molecule has 1 fully saturated rings. The third kappa shape index (κ3) is 2.69. The molecule has 0 bridgehead atoms. The fraction of sp³-hybridized carbons (Fsp3) is 0.625. The van der Waals surface area contributed by atoms with Crippen molar-refractivity contribution < 1.29 is 14.9 Å². The van der Waals surface area contributed by atoms with Crippen molar-refractivity contribution in [2.45, 2.75) is 65.3 Å². The summed E-state index contributed by atoms with van der Waals surface area (Å²) in [6.45, 7) is 14.8. The highest BCUT2D eigenvalue weighted by molar-refractivity contribution is 5.47. The van der Waals surface area contributed by atoms with Gasteiger partial charge in [0, 0.05) is 0 Å². The van der Waals surface area contributed by atoms with E-state index in [9.17, 15) is 5.11 Å². The Balaban J connectivity index is 2.78. The van der Waals surface area contributed by atoms with Crippen LogP contribution in [-0.2, 0) is 26.6 Å². The summed E-state index contributed by atoms with van der Waals surface area (Å²) in [7, 11) is 0. The van der Waals surface area contributed by atoms with Crippen molar-refractivity contribution in [1.82, 2.24) is 0 Å². The normalized spacial score (nSPS) is 18.5. The summed E-state index contributed by atoms with van der Waals surface area (Å²) < 4.78 is 0. The molecule has 1 N–H and O–H groups in total. The molecule has 2 rings (SSSR count). The van der Waals surface area contributed by atoms with E-state index in [1.54, 1.807) is 0 Å². The maximum Gasteiger partial charge on any atom is 0.365 e. The Hall–Kier alpha value is -0.900. The van der Waals surface area contributed by atoms with Crippen LogP contribution in [0.4, 0.5) is 0 Å². The summed E-state index contributed by atoms with van der Waals surface area (Å²) in [6, 6.07) is 4.21. The lowest BCUT2D eigenvalue weighted by molar-refractivity contribution is 0.0228. The minimum Gasteiger partial charge on any atom is -0.336 e. The van der Waals surface area contributed by atoms with Gasteiger partial charge in [0.05, 0.1) is 5.56 Å². The molecule has 0 amide bonds. The van der Waals surface area contributed by atoms with Crippen LogP contribution in [0.5, 0.6) is 0 Å². The maximum absolute atomic E-state index is 10.3. The number of benzene rings is 1. The SMILES string of the molecule is Cc1cc(C(C)(C)C)c(C2(O)OO2)c(C(C)(C)C)c1. The Morgan fingerprint density at radius 2 is 1.26 bits per heavy atom. The molecule has 1 aliphatic rings. The van der Waals surface area contributed by atoms with E-state index in [1.165, 1.54) is 5.56 Å². The van der Waals surface area contributed by atoms with Gasteiger partial charge in [-0.3, -0.25) is 0 Å². The number of hydrogen-bond donors (Lipinski definition) is 1. The molecule has 1 aromatic rings. The average molecular weight is 264 g/mol. The molecular formula is C16H24O3. The lowest BCUT2D eigenvalue weighted by Gasteiger charge is -2.30. The summed E-state index contributed by atoms with van der Waals surface area (Å²) in [5.74, 6) is -1.57. The summed E-state index contributed by atoms with van der Waals surface area (Å²) in [5, 5.41) is 10.3. The topological polar surface area (TPSA) is 45.3 Å². The Morgan fingerprint density at radius 3 is 1.53 bits per heavy atom. The number of aryl methyl sites for hydroxylation is 1. The van der Waals surface area contributed by atoms with Crippen molar-refractivity contribution in [2.75, 3.05) is 0 Å². The molecule has 106 valence electrons. The predicted octanol–water partition coefficient (Wildman–Crippen LogP) is 3.65. The molecule has 0 spiro atoms. The Kier molecular flexibility index (Phi) is 3.09. The van der Waals surface area contributed by atoms with Crippen LogP contribution >= 0.6 is 0 Å². The van der Waals surface area contributed by atoms with Crippen molar-refractivity contribution in [2.24, 2.45) is 0 Å². The molecule has 3 heteroatoms. The molecule has 19 heavy (non-hydrogen) atoms. The first-order valence-corrected chi connectivity index (χ1v) is 6.70. The molecule has 1 saturated heterocycles. The van der Waals surface area contributed by atoms with Gasteiger partial charge in [-0.05, 0) is 28.9 Å². The van der Waals surface area contributed by atoms with Gasteiger partial charge >= 0.3 is 5.97 Å². The van der Waals surface area contributed by atoms with Gasteiger partial charge in [0.25, 0.3) is 0 Å². The molecule has 0 atom stereocenters. The van der Waals surface area contributed by atoms with E-state index in [1.807, 2.05) is 0 Å². The highest BCUT2D eigenvalue weighted by atomic mass is 17.4. The zero-order valence-electron chi connectivity index (χ0n) is 12.9. The van der Waals surface area contributed by atoms with Gasteiger partial charge in [-0.15, -0.1) is 0 Å². The van der Waals surface area contributed by atoms with E-state index in [0.29, 0.717) is 0 Å². The van der Waals surface area contributed by atoms with Crippen molar-refractivity contribution in [3.8, 4) is 0 Å². The molecule has 0 aliphatic carbocycles. The smallest absolute Gasteiger partial charge is 0.336 e. The molecule has 0 unspecified atom stereocenters. The standard InChI is InChI=1S/C16H24O3/c1-10-8-11(14(2,3)4)13(16(17)18-19-16)12(9-10)15(5,6)7/h8-9,17H,1-7H3. The zero-order valence-corrected chi connectivity index (χ0v) is 12.9. The van der Waals surface area contributed by atoms with E-state index in [0.717, 1.165) is 16.7 Å². The van der Waals surface area contributed by atoms with Crippen LogP contribution in [-0.4, -0.2) is 5.11 Å². The second kappa shape index (κ2) is 4.05. The second-order valence-corrected chi connectivity index (χ2v) is 7.48. The van der Waals surface area contributed by atoms with E-state index < -0.39 is 5.97 Å². The molecule has 1 aromatic carbocycles. The summed E-state index contributed by atoms with van der Waals surface area (Å²) in [5.41, 5.74) is 3.90. The van der Waals surface area contributed by atoms with Crippen molar-refractivity contribution in [1.29, 1.82) is 0 Å². The number of aliphatic hydroxyl groups is 1. The minimum absolute atomic E-state index is 0.0909. The van der Waals surface area contributed by atoms with E-state index in [2.05, 4.69) is 60.6 Å². The van der Waals surface area contributed by atoms with Crippen LogP contribution in [0.2, 0.25) is 0 Å². The molecule has 0 radical (unpaired) electrons. The Labute approximate surface area is 115 Å². The Morgan fingerprint density at radius 1 is 0.895 bits per heavy atom. The lowest BCUT2D eigenvalue weighted by Crippen LogP contribution is -2.26. The molecule has 0 saturated carbocycles. The van der Waals surface area contributed by atoms with Gasteiger partial charge < -0.3 is 5.11 Å². The predicted molar refractivity (Wildman–Crippen MR) is 74.6 cm³/mol. The van der Waals surface area contributed by atoms with Gasteiger partial charge in [0.1, 0.15) is 0 Å². The highest BCUT2D eigenvalue weighted by Gasteiger charge is 2.54. The first-order valence-electron chi connectivity index (χ1n) is 6.70. The Bertz CT molecular complexity index is 465. The summed E-state index contributed by atoms with van der Waals surface area (Å²) in [4.78, 5) is 9.70. The number of hydrogen-bond acceptors (Lipinski definition) is 3. The second-order valence-electron chi connectivity index (χ2n) is 7.48. The highest BCUT2D eigenvalue weighted by Crippen LogP contribution is 2.47. The van der Waals surface area contributed by atoms with Crippen LogP contribution < -0.4 is 0 Å². The van der Waals surface area contributed by atoms with Crippen molar-refractivity contribution >= 4 is 0 Å². The van der Waals surface area contributed by atoms with E-state index in [4.69, 9.17) is 9.78 Å². The molecule has 1 heterocycles. The average Bonchev–Trinajstić information content (AvgIpc) is 2.93. The zero-order chi connectivity index (χ0) is 14.6. The fourth-order valence-corrected chi connectivity index (χ4v) is 2.43. The first kappa shape index (κ1) is 14.5. The van der Waals surface area contributed by atoms with Crippen molar-refractivity contribution in [3.63, 3.8) is 0 Å². The quantitative estimate of drug-likeness (QED) is 0.622. The van der Waals surface area contributed by atoms with E-state index >= 15 is 0 Å². The van der Waals surface area contributed by atoms with Gasteiger partial charge in [-0.2, -0.15) is 9.78 Å². The van der Waals surface area contributed by atoms with Crippen LogP contribution in [0.1, 0.15) is 63.8 Å². The van der Waals surface area contributed by atoms with E-state index in [-0.39, 0.29) is 10.8 Å². The minimum atomic E-state index is -1.57. The third-order valence-corrected chi connectivity index (χ3v) is 3.46. The van der Waals surface area contributed by atoms with Crippen LogP contribution in [0.15, 0.2) is 12.1 Å². The first-order chi connectivity index (χ1) is 8.45. The lowest BCUT2D eigenvalue weighted by atomic mass is 9.75. The maximum atomic E-state index is 10.3. The van der Waals surface area contributed by atoms with Gasteiger partial charge in [0.15, 0.2) is 0 Å². The van der Waals surface area contributed by atoms with Gasteiger partial charge in [-0.1, -0.05) is 59.2 Å².